The van der Waals surface area contributed by atoms with Gasteiger partial charge in [-0.25, -0.2) is 4.39 Å². The van der Waals surface area contributed by atoms with E-state index in [1.165, 1.54) is 25.3 Å². The Hall–Kier alpha value is -3.35. The van der Waals surface area contributed by atoms with E-state index in [9.17, 15) is 14.3 Å². The number of aromatic hydroxyl groups is 1. The quantitative estimate of drug-likeness (QED) is 0.767. The molecule has 138 valence electrons. The normalized spacial score (nSPS) is 13.3. The third-order valence-corrected chi connectivity index (χ3v) is 4.68. The van der Waals surface area contributed by atoms with Crippen LogP contribution in [-0.4, -0.2) is 34.7 Å². The number of benzene rings is 2. The molecule has 1 aliphatic rings. The number of nitrogens with zero attached hydrogens (tertiary/aromatic N) is 2. The number of rotatable bonds is 3. The van der Waals surface area contributed by atoms with Gasteiger partial charge in [-0.1, -0.05) is 17.3 Å². The zero-order chi connectivity index (χ0) is 19.0. The lowest BCUT2D eigenvalue weighted by Crippen LogP contribution is -2.35. The van der Waals surface area contributed by atoms with E-state index in [1.54, 1.807) is 29.2 Å². The number of aromatic nitrogens is 1. The van der Waals surface area contributed by atoms with E-state index < -0.39 is 5.82 Å². The van der Waals surface area contributed by atoms with Gasteiger partial charge < -0.3 is 19.3 Å². The van der Waals surface area contributed by atoms with Gasteiger partial charge in [0.25, 0.3) is 5.91 Å². The number of methoxy groups -OCH3 is 1. The average molecular weight is 368 g/mol. The Labute approximate surface area is 154 Å². The minimum Gasteiger partial charge on any atom is -0.507 e. The predicted molar refractivity (Wildman–Crippen MR) is 95.0 cm³/mol. The van der Waals surface area contributed by atoms with Crippen LogP contribution in [0.4, 0.5) is 4.39 Å². The Morgan fingerprint density at radius 3 is 2.85 bits per heavy atom. The zero-order valence-corrected chi connectivity index (χ0v) is 14.6. The van der Waals surface area contributed by atoms with Gasteiger partial charge in [-0.05, 0) is 24.3 Å². The first kappa shape index (κ1) is 17.1. The smallest absolute Gasteiger partial charge is 0.257 e. The fourth-order valence-corrected chi connectivity index (χ4v) is 3.24. The number of phenols is 1. The highest BCUT2D eigenvalue weighted by Crippen LogP contribution is 2.33. The van der Waals surface area contributed by atoms with Crippen molar-refractivity contribution in [3.63, 3.8) is 0 Å². The summed E-state index contributed by atoms with van der Waals surface area (Å²) in [6.07, 6.45) is 0.472. The van der Waals surface area contributed by atoms with Crippen LogP contribution in [-0.2, 0) is 13.0 Å². The summed E-state index contributed by atoms with van der Waals surface area (Å²) in [6.45, 7) is 0.649. The number of carbonyl (C=O) groups is 1. The monoisotopic (exact) mass is 368 g/mol. The van der Waals surface area contributed by atoms with Crippen molar-refractivity contribution in [1.29, 1.82) is 0 Å². The second-order valence-electron chi connectivity index (χ2n) is 6.27. The van der Waals surface area contributed by atoms with Crippen molar-refractivity contribution in [2.75, 3.05) is 13.7 Å². The molecular formula is C20H17FN2O4. The summed E-state index contributed by atoms with van der Waals surface area (Å²) < 4.78 is 24.6. The van der Waals surface area contributed by atoms with Crippen molar-refractivity contribution in [3.05, 3.63) is 65.2 Å². The van der Waals surface area contributed by atoms with E-state index in [1.807, 2.05) is 0 Å². The molecule has 0 radical (unpaired) electrons. The molecule has 7 heteroatoms. The highest BCUT2D eigenvalue weighted by Gasteiger charge is 2.29. The largest absolute Gasteiger partial charge is 0.507 e. The Balaban J connectivity index is 1.64. The maximum absolute atomic E-state index is 14.2. The lowest BCUT2D eigenvalue weighted by molar-refractivity contribution is 0.0726. The van der Waals surface area contributed by atoms with Crippen LogP contribution >= 0.6 is 0 Å². The maximum atomic E-state index is 14.2. The second kappa shape index (κ2) is 6.75. The maximum Gasteiger partial charge on any atom is 0.257 e. The lowest BCUT2D eigenvalue weighted by Gasteiger charge is -2.26. The standard InChI is InChI=1S/C20H17FN2O4/c1-26-12-6-7-14(17(24)10-12)20(25)23-9-8-18-15(11-23)19(22-27-18)13-4-2-3-5-16(13)21/h2-7,10,24H,8-9,11H2,1H3. The first-order valence-corrected chi connectivity index (χ1v) is 8.47. The predicted octanol–water partition coefficient (Wildman–Crippen LogP) is 3.39. The molecule has 0 unspecified atom stereocenters. The zero-order valence-electron chi connectivity index (χ0n) is 14.6. The summed E-state index contributed by atoms with van der Waals surface area (Å²) in [5.41, 5.74) is 1.61. The number of halogens is 1. The molecule has 1 N–H and O–H groups in total. The van der Waals surface area contributed by atoms with Crippen LogP contribution in [0.3, 0.4) is 0 Å². The fraction of sp³-hybridized carbons (Fsp3) is 0.200. The number of carbonyl (C=O) groups excluding carboxylic acids is 1. The van der Waals surface area contributed by atoms with Crippen molar-refractivity contribution in [1.82, 2.24) is 10.1 Å². The van der Waals surface area contributed by atoms with E-state index in [0.29, 0.717) is 41.3 Å². The third kappa shape index (κ3) is 3.01. The van der Waals surface area contributed by atoms with Crippen LogP contribution < -0.4 is 4.74 Å². The third-order valence-electron chi connectivity index (χ3n) is 4.68. The minimum atomic E-state index is -0.398. The molecule has 1 amide bonds. The highest BCUT2D eigenvalue weighted by atomic mass is 19.1. The van der Waals surface area contributed by atoms with Gasteiger partial charge in [-0.15, -0.1) is 0 Å². The molecule has 0 saturated heterocycles. The van der Waals surface area contributed by atoms with E-state index in [-0.39, 0.29) is 23.8 Å². The minimum absolute atomic E-state index is 0.148. The number of amides is 1. The second-order valence-corrected chi connectivity index (χ2v) is 6.27. The molecule has 4 rings (SSSR count). The molecule has 6 nitrogen and oxygen atoms in total. The number of hydrogen-bond acceptors (Lipinski definition) is 5. The van der Waals surface area contributed by atoms with Crippen LogP contribution in [0.5, 0.6) is 11.5 Å². The van der Waals surface area contributed by atoms with E-state index in [2.05, 4.69) is 5.16 Å². The van der Waals surface area contributed by atoms with Crippen LogP contribution in [0.25, 0.3) is 11.3 Å². The van der Waals surface area contributed by atoms with Crippen molar-refractivity contribution in [2.45, 2.75) is 13.0 Å². The Morgan fingerprint density at radius 1 is 1.30 bits per heavy atom. The van der Waals surface area contributed by atoms with Crippen LogP contribution in [0.2, 0.25) is 0 Å². The Kier molecular flexibility index (Phi) is 4.27. The SMILES string of the molecule is COc1ccc(C(=O)N2CCc3onc(-c4ccccc4F)c3C2)c(O)c1. The molecule has 0 bridgehead atoms. The Morgan fingerprint density at radius 2 is 2.11 bits per heavy atom. The molecule has 27 heavy (non-hydrogen) atoms. The summed E-state index contributed by atoms with van der Waals surface area (Å²) in [7, 11) is 1.48. The van der Waals surface area contributed by atoms with Crippen LogP contribution in [0, 0.1) is 5.82 Å². The first-order chi connectivity index (χ1) is 13.1. The topological polar surface area (TPSA) is 75.8 Å². The summed E-state index contributed by atoms with van der Waals surface area (Å²) in [5, 5.41) is 14.2. The summed E-state index contributed by atoms with van der Waals surface area (Å²) in [4.78, 5) is 14.5. The molecule has 1 aliphatic heterocycles. The van der Waals surface area contributed by atoms with Gasteiger partial charge >= 0.3 is 0 Å². The number of ether oxygens (including phenoxy) is 1. The molecule has 1 aromatic heterocycles. The molecule has 0 atom stereocenters. The average Bonchev–Trinajstić information content (AvgIpc) is 3.10. The number of hydrogen-bond donors (Lipinski definition) is 1. The van der Waals surface area contributed by atoms with E-state index in [4.69, 9.17) is 9.26 Å². The molecule has 2 aromatic carbocycles. The summed E-state index contributed by atoms with van der Waals surface area (Å²) in [6, 6.07) is 10.9. The van der Waals surface area contributed by atoms with Crippen molar-refractivity contribution in [2.24, 2.45) is 0 Å². The van der Waals surface area contributed by atoms with E-state index >= 15 is 0 Å². The molecular weight excluding hydrogens is 351 g/mol. The van der Waals surface area contributed by atoms with Gasteiger partial charge in [0, 0.05) is 30.2 Å². The molecule has 0 fully saturated rings. The van der Waals surface area contributed by atoms with Gasteiger partial charge in [0.05, 0.1) is 19.2 Å². The van der Waals surface area contributed by atoms with Gasteiger partial charge in [-0.3, -0.25) is 4.79 Å². The first-order valence-electron chi connectivity index (χ1n) is 8.47. The lowest BCUT2D eigenvalue weighted by atomic mass is 10.0. The molecule has 3 aromatic rings. The molecule has 2 heterocycles. The van der Waals surface area contributed by atoms with Gasteiger partial charge in [0.1, 0.15) is 28.8 Å². The molecule has 0 aliphatic carbocycles. The van der Waals surface area contributed by atoms with E-state index in [0.717, 1.165) is 0 Å². The van der Waals surface area contributed by atoms with Gasteiger partial charge in [0.2, 0.25) is 0 Å². The Bertz CT molecular complexity index is 1010. The van der Waals surface area contributed by atoms with Crippen LogP contribution in [0.15, 0.2) is 47.0 Å². The number of fused-ring (bicyclic) bond motifs is 1. The van der Waals surface area contributed by atoms with Gasteiger partial charge in [0.15, 0.2) is 0 Å². The summed E-state index contributed by atoms with van der Waals surface area (Å²) in [5.74, 6) is 0.248. The highest BCUT2D eigenvalue weighted by molar-refractivity contribution is 5.97. The van der Waals surface area contributed by atoms with Gasteiger partial charge in [-0.2, -0.15) is 0 Å². The van der Waals surface area contributed by atoms with Crippen molar-refractivity contribution in [3.8, 4) is 22.8 Å². The van der Waals surface area contributed by atoms with Crippen LogP contribution in [0.1, 0.15) is 21.7 Å². The molecule has 0 saturated carbocycles. The molecule has 0 spiro atoms. The van der Waals surface area contributed by atoms with Crippen molar-refractivity contribution < 1.29 is 23.6 Å². The number of phenolic OH excluding ortho intramolecular Hbond substituents is 1. The van der Waals surface area contributed by atoms with Crippen molar-refractivity contribution >= 4 is 5.91 Å². The summed E-state index contributed by atoms with van der Waals surface area (Å²) >= 11 is 0. The fourth-order valence-electron chi connectivity index (χ4n) is 3.24.